The van der Waals surface area contributed by atoms with Gasteiger partial charge in [-0.3, -0.25) is 4.79 Å². The Morgan fingerprint density at radius 2 is 1.78 bits per heavy atom. The molecule has 0 aromatic heterocycles. The van der Waals surface area contributed by atoms with E-state index in [0.29, 0.717) is 12.0 Å². The summed E-state index contributed by atoms with van der Waals surface area (Å²) in [6, 6.07) is 12.7. The number of carbonyl (C=O) groups excluding carboxylic acids is 1. The molecule has 3 rings (SSSR count). The van der Waals surface area contributed by atoms with E-state index in [-0.39, 0.29) is 6.42 Å². The first-order valence-electron chi connectivity index (χ1n) is 8.94. The lowest BCUT2D eigenvalue weighted by molar-refractivity contribution is -0.268. The SMILES string of the molecule is CCC1(C)CC(CC(C)(O)C(F)(F)F)(c2ccc3ccccc3c2)OC1=O. The van der Waals surface area contributed by atoms with Gasteiger partial charge in [-0.05, 0) is 42.7 Å². The van der Waals surface area contributed by atoms with Crippen LogP contribution in [-0.2, 0) is 15.1 Å². The van der Waals surface area contributed by atoms with Gasteiger partial charge >= 0.3 is 12.1 Å². The van der Waals surface area contributed by atoms with Crippen LogP contribution in [-0.4, -0.2) is 22.9 Å². The average Bonchev–Trinajstić information content (AvgIpc) is 2.85. The van der Waals surface area contributed by atoms with Gasteiger partial charge in [-0.15, -0.1) is 0 Å². The molecule has 1 saturated heterocycles. The Kier molecular flexibility index (Phi) is 4.54. The van der Waals surface area contributed by atoms with Crippen LogP contribution in [0.25, 0.3) is 10.8 Å². The molecule has 2 aromatic carbocycles. The highest BCUT2D eigenvalue weighted by molar-refractivity contribution is 5.84. The third-order valence-corrected chi connectivity index (χ3v) is 5.75. The van der Waals surface area contributed by atoms with Crippen LogP contribution in [0.3, 0.4) is 0 Å². The first-order valence-corrected chi connectivity index (χ1v) is 8.94. The maximum atomic E-state index is 13.4. The molecule has 0 amide bonds. The zero-order valence-electron chi connectivity index (χ0n) is 15.6. The molecular weight excluding hydrogens is 357 g/mol. The van der Waals surface area contributed by atoms with E-state index in [9.17, 15) is 23.1 Å². The molecule has 1 aliphatic rings. The molecule has 3 unspecified atom stereocenters. The second kappa shape index (κ2) is 6.23. The van der Waals surface area contributed by atoms with Crippen molar-refractivity contribution in [2.75, 3.05) is 0 Å². The van der Waals surface area contributed by atoms with Crippen LogP contribution in [0.1, 0.15) is 45.6 Å². The minimum Gasteiger partial charge on any atom is -0.454 e. The molecule has 0 bridgehead atoms. The molecule has 1 heterocycles. The smallest absolute Gasteiger partial charge is 0.417 e. The van der Waals surface area contributed by atoms with Crippen molar-refractivity contribution in [3.05, 3.63) is 48.0 Å². The highest BCUT2D eigenvalue weighted by Gasteiger charge is 2.61. The molecule has 1 aliphatic heterocycles. The molecule has 27 heavy (non-hydrogen) atoms. The average molecular weight is 380 g/mol. The number of benzene rings is 2. The van der Waals surface area contributed by atoms with Crippen molar-refractivity contribution in [3.8, 4) is 0 Å². The first kappa shape index (κ1) is 19.7. The Labute approximate surface area is 156 Å². The normalized spacial score (nSPS) is 28.2. The number of carbonyl (C=O) groups is 1. The first-order chi connectivity index (χ1) is 12.4. The lowest BCUT2D eigenvalue weighted by Gasteiger charge is -2.37. The number of fused-ring (bicyclic) bond motifs is 1. The summed E-state index contributed by atoms with van der Waals surface area (Å²) >= 11 is 0. The fourth-order valence-corrected chi connectivity index (χ4v) is 3.80. The third kappa shape index (κ3) is 3.31. The van der Waals surface area contributed by atoms with Crippen molar-refractivity contribution in [1.82, 2.24) is 0 Å². The van der Waals surface area contributed by atoms with Crippen LogP contribution in [0.4, 0.5) is 13.2 Å². The van der Waals surface area contributed by atoms with E-state index in [1.54, 1.807) is 32.0 Å². The number of rotatable bonds is 4. The van der Waals surface area contributed by atoms with Gasteiger partial charge in [-0.2, -0.15) is 13.2 Å². The molecule has 3 nitrogen and oxygen atoms in total. The predicted octanol–water partition coefficient (Wildman–Crippen LogP) is 5.10. The summed E-state index contributed by atoms with van der Waals surface area (Å²) in [5, 5.41) is 11.9. The minimum absolute atomic E-state index is 0.0832. The van der Waals surface area contributed by atoms with E-state index < -0.39 is 35.2 Å². The van der Waals surface area contributed by atoms with Crippen molar-refractivity contribution in [2.45, 2.75) is 57.4 Å². The molecule has 1 N–H and O–H groups in total. The largest absolute Gasteiger partial charge is 0.454 e. The maximum Gasteiger partial charge on any atom is 0.417 e. The highest BCUT2D eigenvalue weighted by Crippen LogP contribution is 2.53. The monoisotopic (exact) mass is 380 g/mol. The molecule has 2 aromatic rings. The van der Waals surface area contributed by atoms with Crippen molar-refractivity contribution >= 4 is 16.7 Å². The van der Waals surface area contributed by atoms with Gasteiger partial charge in [0.2, 0.25) is 0 Å². The number of cyclic esters (lactones) is 1. The Morgan fingerprint density at radius 3 is 2.33 bits per heavy atom. The van der Waals surface area contributed by atoms with Crippen LogP contribution < -0.4 is 0 Å². The summed E-state index contributed by atoms with van der Waals surface area (Å²) in [5.74, 6) is -0.531. The van der Waals surface area contributed by atoms with Crippen LogP contribution in [0.15, 0.2) is 42.5 Å². The summed E-state index contributed by atoms with van der Waals surface area (Å²) in [7, 11) is 0. The van der Waals surface area contributed by atoms with Gasteiger partial charge in [-0.1, -0.05) is 43.3 Å². The Morgan fingerprint density at radius 1 is 1.15 bits per heavy atom. The summed E-state index contributed by atoms with van der Waals surface area (Å²) in [5.41, 5.74) is -4.95. The van der Waals surface area contributed by atoms with E-state index in [4.69, 9.17) is 4.74 Å². The zero-order chi connectivity index (χ0) is 20.1. The quantitative estimate of drug-likeness (QED) is 0.751. The number of hydrogen-bond acceptors (Lipinski definition) is 3. The number of ether oxygens (including phenoxy) is 1. The van der Waals surface area contributed by atoms with Gasteiger partial charge in [0.15, 0.2) is 5.60 Å². The van der Waals surface area contributed by atoms with E-state index in [2.05, 4.69) is 0 Å². The molecule has 3 atom stereocenters. The lowest BCUT2D eigenvalue weighted by atomic mass is 9.73. The van der Waals surface area contributed by atoms with Gasteiger partial charge < -0.3 is 9.84 Å². The van der Waals surface area contributed by atoms with Gasteiger partial charge in [0, 0.05) is 12.8 Å². The molecule has 0 saturated carbocycles. The number of alkyl halides is 3. The molecule has 0 radical (unpaired) electrons. The second-order valence-corrected chi connectivity index (χ2v) is 7.99. The number of aliphatic hydroxyl groups is 1. The summed E-state index contributed by atoms with van der Waals surface area (Å²) < 4.78 is 45.8. The maximum absolute atomic E-state index is 13.4. The minimum atomic E-state index is -4.84. The molecule has 146 valence electrons. The van der Waals surface area contributed by atoms with Crippen molar-refractivity contribution < 1.29 is 27.8 Å². The molecule has 1 fully saturated rings. The summed E-state index contributed by atoms with van der Waals surface area (Å²) in [6.07, 6.45) is -5.06. The Hall–Kier alpha value is -2.08. The van der Waals surface area contributed by atoms with E-state index in [0.717, 1.165) is 17.7 Å². The van der Waals surface area contributed by atoms with Crippen LogP contribution >= 0.6 is 0 Å². The van der Waals surface area contributed by atoms with Crippen molar-refractivity contribution in [1.29, 1.82) is 0 Å². The summed E-state index contributed by atoms with van der Waals surface area (Å²) in [4.78, 5) is 12.5. The zero-order valence-corrected chi connectivity index (χ0v) is 15.6. The Bertz CT molecular complexity index is 874. The molecular formula is C21H23F3O3. The van der Waals surface area contributed by atoms with Gasteiger partial charge in [0.25, 0.3) is 0 Å². The predicted molar refractivity (Wildman–Crippen MR) is 96.0 cm³/mol. The van der Waals surface area contributed by atoms with Gasteiger partial charge in [-0.25, -0.2) is 0 Å². The van der Waals surface area contributed by atoms with Gasteiger partial charge in [0.1, 0.15) is 5.60 Å². The Balaban J connectivity index is 2.14. The van der Waals surface area contributed by atoms with Crippen LogP contribution in [0.5, 0.6) is 0 Å². The molecule has 0 spiro atoms. The van der Waals surface area contributed by atoms with E-state index in [1.165, 1.54) is 0 Å². The topological polar surface area (TPSA) is 46.5 Å². The van der Waals surface area contributed by atoms with Crippen molar-refractivity contribution in [3.63, 3.8) is 0 Å². The third-order valence-electron chi connectivity index (χ3n) is 5.75. The van der Waals surface area contributed by atoms with Crippen LogP contribution in [0, 0.1) is 5.41 Å². The number of halogens is 3. The number of esters is 1. The summed E-state index contributed by atoms with van der Waals surface area (Å²) in [6.45, 7) is 4.23. The lowest BCUT2D eigenvalue weighted by Crippen LogP contribution is -2.48. The molecule has 6 heteroatoms. The van der Waals surface area contributed by atoms with E-state index >= 15 is 0 Å². The van der Waals surface area contributed by atoms with E-state index in [1.807, 2.05) is 24.3 Å². The molecule has 0 aliphatic carbocycles. The van der Waals surface area contributed by atoms with Crippen molar-refractivity contribution in [2.24, 2.45) is 5.41 Å². The fourth-order valence-electron chi connectivity index (χ4n) is 3.80. The standard InChI is InChI=1S/C21H23F3O3/c1-4-18(2)12-20(27-17(18)25,13-19(3,26)21(22,23)24)16-10-9-14-7-5-6-8-15(14)11-16/h5-11,26H,4,12-13H2,1-3H3. The fraction of sp³-hybridized carbons (Fsp3) is 0.476. The van der Waals surface area contributed by atoms with Gasteiger partial charge in [0.05, 0.1) is 5.41 Å². The number of hydrogen-bond donors (Lipinski definition) is 1. The van der Waals surface area contributed by atoms with Crippen LogP contribution in [0.2, 0.25) is 0 Å². The second-order valence-electron chi connectivity index (χ2n) is 7.99. The highest BCUT2D eigenvalue weighted by atomic mass is 19.4.